The van der Waals surface area contributed by atoms with Gasteiger partial charge in [0.2, 0.25) is 0 Å². The van der Waals surface area contributed by atoms with E-state index in [-0.39, 0.29) is 11.5 Å². The van der Waals surface area contributed by atoms with Crippen molar-refractivity contribution in [1.29, 1.82) is 0 Å². The van der Waals surface area contributed by atoms with Gasteiger partial charge in [0.25, 0.3) is 5.91 Å². The fourth-order valence-electron chi connectivity index (χ4n) is 1.40. The number of halogens is 2. The summed E-state index contributed by atoms with van der Waals surface area (Å²) in [5.74, 6) is -2.44. The number of nitrogens with two attached hydrogens (primary N) is 1. The van der Waals surface area contributed by atoms with Gasteiger partial charge in [-0.3, -0.25) is 4.79 Å². The maximum absolute atomic E-state index is 12.9. The van der Waals surface area contributed by atoms with E-state index in [9.17, 15) is 13.6 Å². The van der Waals surface area contributed by atoms with Crippen molar-refractivity contribution in [3.63, 3.8) is 0 Å². The molecule has 0 fully saturated rings. The Balaban J connectivity index is 1.85. The number of amidine groups is 1. The summed E-state index contributed by atoms with van der Waals surface area (Å²) in [5.41, 5.74) is 5.75. The summed E-state index contributed by atoms with van der Waals surface area (Å²) in [6, 6.07) is 6.58. The maximum atomic E-state index is 12.9. The lowest BCUT2D eigenvalue weighted by Crippen LogP contribution is -2.19. The minimum absolute atomic E-state index is 0.123. The Kier molecular flexibility index (Phi) is 4.83. The number of nitrogens with one attached hydrogen (secondary N) is 1. The van der Waals surface area contributed by atoms with Crippen LogP contribution in [0.3, 0.4) is 0 Å². The molecule has 5 nitrogen and oxygen atoms in total. The first-order valence-electron chi connectivity index (χ1n) is 5.80. The highest BCUT2D eigenvalue weighted by molar-refractivity contribution is 7.12. The predicted octanol–water partition coefficient (Wildman–Crippen LogP) is 2.30. The average Bonchev–Trinajstić information content (AvgIpc) is 2.97. The lowest BCUT2D eigenvalue weighted by Gasteiger charge is -2.05. The van der Waals surface area contributed by atoms with E-state index in [1.54, 1.807) is 12.1 Å². The summed E-state index contributed by atoms with van der Waals surface area (Å²) in [5, 5.41) is 7.76. The third-order valence-electron chi connectivity index (χ3n) is 2.34. The van der Waals surface area contributed by atoms with Gasteiger partial charge in [-0.15, -0.1) is 11.3 Å². The Morgan fingerprint density at radius 3 is 2.81 bits per heavy atom. The molecule has 0 saturated heterocycles. The number of anilines is 1. The summed E-state index contributed by atoms with van der Waals surface area (Å²) in [7, 11) is 0. The van der Waals surface area contributed by atoms with Gasteiger partial charge in [-0.05, 0) is 23.6 Å². The lowest BCUT2D eigenvalue weighted by atomic mass is 10.3. The minimum Gasteiger partial charge on any atom is -0.384 e. The van der Waals surface area contributed by atoms with E-state index in [1.807, 2.05) is 5.38 Å². The van der Waals surface area contributed by atoms with Crippen molar-refractivity contribution >= 4 is 28.8 Å². The molecule has 0 atom stereocenters. The first-order valence-corrected chi connectivity index (χ1v) is 6.68. The van der Waals surface area contributed by atoms with E-state index in [0.29, 0.717) is 0 Å². The number of nitrogens with zero attached hydrogens (tertiary/aromatic N) is 1. The van der Waals surface area contributed by atoms with Crippen LogP contribution in [-0.2, 0) is 9.63 Å². The smallest absolute Gasteiger partial charge is 0.265 e. The molecule has 0 bridgehead atoms. The van der Waals surface area contributed by atoms with Gasteiger partial charge < -0.3 is 15.9 Å². The van der Waals surface area contributed by atoms with Crippen molar-refractivity contribution in [3.05, 3.63) is 52.2 Å². The molecular weight excluding hydrogens is 300 g/mol. The molecule has 1 aromatic carbocycles. The average molecular weight is 311 g/mol. The van der Waals surface area contributed by atoms with Crippen LogP contribution in [0.5, 0.6) is 0 Å². The molecule has 2 rings (SSSR count). The number of hydrogen-bond acceptors (Lipinski definition) is 4. The Bertz CT molecular complexity index is 659. The molecule has 0 aliphatic carbocycles. The Morgan fingerprint density at radius 2 is 2.14 bits per heavy atom. The second-order valence-electron chi connectivity index (χ2n) is 3.90. The summed E-state index contributed by atoms with van der Waals surface area (Å²) in [4.78, 5) is 17.0. The van der Waals surface area contributed by atoms with Crippen LogP contribution >= 0.6 is 11.3 Å². The van der Waals surface area contributed by atoms with Gasteiger partial charge in [-0.25, -0.2) is 8.78 Å². The molecule has 0 saturated carbocycles. The van der Waals surface area contributed by atoms with Crippen LogP contribution in [0, 0.1) is 11.6 Å². The number of thiophene rings is 1. The van der Waals surface area contributed by atoms with E-state index in [4.69, 9.17) is 10.6 Å². The third kappa shape index (κ3) is 4.25. The SMILES string of the molecule is N/C(=N/OCC(=O)Nc1ccc(F)c(F)c1)c1cccs1. The molecular formula is C13H11F2N3O2S. The van der Waals surface area contributed by atoms with Crippen LogP contribution in [-0.4, -0.2) is 18.3 Å². The van der Waals surface area contributed by atoms with Crippen LogP contribution in [0.2, 0.25) is 0 Å². The highest BCUT2D eigenvalue weighted by atomic mass is 32.1. The number of carbonyl (C=O) groups excluding carboxylic acids is 1. The molecule has 1 amide bonds. The van der Waals surface area contributed by atoms with Crippen LogP contribution in [0.4, 0.5) is 14.5 Å². The number of rotatable bonds is 5. The lowest BCUT2D eigenvalue weighted by molar-refractivity contribution is -0.120. The Morgan fingerprint density at radius 1 is 1.33 bits per heavy atom. The first kappa shape index (κ1) is 14.9. The fourth-order valence-corrected chi connectivity index (χ4v) is 2.02. The molecule has 0 radical (unpaired) electrons. The van der Waals surface area contributed by atoms with E-state index in [0.717, 1.165) is 17.0 Å². The quantitative estimate of drug-likeness (QED) is 0.505. The molecule has 1 aromatic heterocycles. The number of amides is 1. The van der Waals surface area contributed by atoms with Gasteiger partial charge in [0.15, 0.2) is 24.1 Å². The number of carbonyl (C=O) groups is 1. The molecule has 21 heavy (non-hydrogen) atoms. The van der Waals surface area contributed by atoms with Gasteiger partial charge in [0, 0.05) is 11.8 Å². The van der Waals surface area contributed by atoms with Crippen molar-refractivity contribution in [2.75, 3.05) is 11.9 Å². The van der Waals surface area contributed by atoms with Crippen molar-refractivity contribution in [2.24, 2.45) is 10.9 Å². The van der Waals surface area contributed by atoms with Crippen molar-refractivity contribution in [3.8, 4) is 0 Å². The molecule has 0 spiro atoms. The van der Waals surface area contributed by atoms with Crippen LogP contribution < -0.4 is 11.1 Å². The second kappa shape index (κ2) is 6.80. The molecule has 110 valence electrons. The number of benzene rings is 1. The zero-order chi connectivity index (χ0) is 15.2. The highest BCUT2D eigenvalue weighted by Crippen LogP contribution is 2.13. The molecule has 0 aliphatic rings. The number of hydrogen-bond donors (Lipinski definition) is 2. The number of oxime groups is 1. The highest BCUT2D eigenvalue weighted by Gasteiger charge is 2.07. The van der Waals surface area contributed by atoms with Crippen LogP contribution in [0.15, 0.2) is 40.9 Å². The van der Waals surface area contributed by atoms with Crippen molar-refractivity contribution < 1.29 is 18.4 Å². The maximum Gasteiger partial charge on any atom is 0.265 e. The molecule has 2 aromatic rings. The van der Waals surface area contributed by atoms with Crippen molar-refractivity contribution in [2.45, 2.75) is 0 Å². The fraction of sp³-hybridized carbons (Fsp3) is 0.0769. The summed E-state index contributed by atoms with van der Waals surface area (Å²) >= 11 is 1.38. The van der Waals surface area contributed by atoms with Gasteiger partial charge >= 0.3 is 0 Å². The third-order valence-corrected chi connectivity index (χ3v) is 3.23. The van der Waals surface area contributed by atoms with Gasteiger partial charge in [-0.2, -0.15) is 0 Å². The molecule has 0 unspecified atom stereocenters. The van der Waals surface area contributed by atoms with E-state index in [2.05, 4.69) is 10.5 Å². The standard InChI is InChI=1S/C13H11F2N3O2S/c14-9-4-3-8(6-10(9)15)17-12(19)7-20-18-13(16)11-2-1-5-21-11/h1-6H,7H2,(H2,16,18)(H,17,19). The molecule has 8 heteroatoms. The van der Waals surface area contributed by atoms with Gasteiger partial charge in [0.05, 0.1) is 4.88 Å². The molecule has 1 heterocycles. The monoisotopic (exact) mass is 311 g/mol. The van der Waals surface area contributed by atoms with E-state index >= 15 is 0 Å². The van der Waals surface area contributed by atoms with Crippen LogP contribution in [0.25, 0.3) is 0 Å². The summed E-state index contributed by atoms with van der Waals surface area (Å²) in [6.45, 7) is -0.398. The van der Waals surface area contributed by atoms with E-state index in [1.165, 1.54) is 17.4 Å². The summed E-state index contributed by atoms with van der Waals surface area (Å²) in [6.07, 6.45) is 0. The topological polar surface area (TPSA) is 76.7 Å². The Hall–Kier alpha value is -2.48. The largest absolute Gasteiger partial charge is 0.384 e. The van der Waals surface area contributed by atoms with Crippen LogP contribution in [0.1, 0.15) is 4.88 Å². The second-order valence-corrected chi connectivity index (χ2v) is 4.85. The van der Waals surface area contributed by atoms with Gasteiger partial charge in [-0.1, -0.05) is 11.2 Å². The van der Waals surface area contributed by atoms with Gasteiger partial charge in [0.1, 0.15) is 0 Å². The first-order chi connectivity index (χ1) is 10.1. The zero-order valence-electron chi connectivity index (χ0n) is 10.7. The minimum atomic E-state index is -1.05. The summed E-state index contributed by atoms with van der Waals surface area (Å²) < 4.78 is 25.7. The predicted molar refractivity (Wildman–Crippen MR) is 76.0 cm³/mol. The molecule has 0 aliphatic heterocycles. The normalized spacial score (nSPS) is 11.2. The van der Waals surface area contributed by atoms with Crippen molar-refractivity contribution in [1.82, 2.24) is 0 Å². The van der Waals surface area contributed by atoms with E-state index < -0.39 is 24.1 Å². The zero-order valence-corrected chi connectivity index (χ0v) is 11.5. The molecule has 3 N–H and O–H groups in total. The Labute approximate surface area is 123 Å².